The van der Waals surface area contributed by atoms with E-state index in [0.29, 0.717) is 36.0 Å². The third-order valence-corrected chi connectivity index (χ3v) is 8.99. The van der Waals surface area contributed by atoms with Crippen LogP contribution in [-0.4, -0.2) is 40.2 Å². The SMILES string of the molecule is COc1cc(-c2ccc([C@H]3CCc4ccc([C@H](C5CC5)[C@H](C)C(=O)O)cc4O3)cc2CN(C(C)C)C(C)C)c(F)cn1. The van der Waals surface area contributed by atoms with Crippen molar-refractivity contribution >= 4 is 5.97 Å². The third kappa shape index (κ3) is 6.31. The van der Waals surface area contributed by atoms with Crippen molar-refractivity contribution in [2.45, 2.75) is 91.0 Å². The van der Waals surface area contributed by atoms with Crippen LogP contribution in [0.1, 0.15) is 88.2 Å². The Labute approximate surface area is 248 Å². The normalized spacial score (nSPS) is 18.1. The van der Waals surface area contributed by atoms with Gasteiger partial charge < -0.3 is 14.6 Å². The van der Waals surface area contributed by atoms with E-state index in [1.165, 1.54) is 13.3 Å². The molecular weight excluding hydrogens is 531 g/mol. The maximum Gasteiger partial charge on any atom is 0.306 e. The first-order valence-electron chi connectivity index (χ1n) is 15.2. The molecule has 3 atom stereocenters. The number of carboxylic acids is 1. The molecule has 1 aromatic heterocycles. The summed E-state index contributed by atoms with van der Waals surface area (Å²) in [5, 5.41) is 9.76. The Hall–Kier alpha value is -3.45. The van der Waals surface area contributed by atoms with E-state index < -0.39 is 11.9 Å². The van der Waals surface area contributed by atoms with Crippen LogP contribution in [0.25, 0.3) is 11.1 Å². The third-order valence-electron chi connectivity index (χ3n) is 8.99. The lowest BCUT2D eigenvalue weighted by molar-refractivity contribution is -0.142. The molecule has 5 rings (SSSR count). The van der Waals surface area contributed by atoms with Crippen LogP contribution in [0.2, 0.25) is 0 Å². The number of carbonyl (C=O) groups is 1. The first kappa shape index (κ1) is 30.0. The van der Waals surface area contributed by atoms with Crippen LogP contribution in [0.3, 0.4) is 0 Å². The Kier molecular flexibility index (Phi) is 8.88. The summed E-state index contributed by atoms with van der Waals surface area (Å²) >= 11 is 0. The van der Waals surface area contributed by atoms with Crippen molar-refractivity contribution in [3.05, 3.63) is 76.7 Å². The lowest BCUT2D eigenvalue weighted by Gasteiger charge is -2.32. The highest BCUT2D eigenvalue weighted by Crippen LogP contribution is 2.48. The quantitative estimate of drug-likeness (QED) is 0.252. The minimum Gasteiger partial charge on any atom is -0.485 e. The van der Waals surface area contributed by atoms with E-state index in [1.54, 1.807) is 6.07 Å². The number of carboxylic acid groups (broad SMARTS) is 1. The van der Waals surface area contributed by atoms with E-state index in [4.69, 9.17) is 9.47 Å². The second-order valence-corrected chi connectivity index (χ2v) is 12.5. The predicted molar refractivity (Wildman–Crippen MR) is 162 cm³/mol. The zero-order valence-electron chi connectivity index (χ0n) is 25.6. The van der Waals surface area contributed by atoms with E-state index >= 15 is 4.39 Å². The second-order valence-electron chi connectivity index (χ2n) is 12.5. The summed E-state index contributed by atoms with van der Waals surface area (Å²) in [6.45, 7) is 11.2. The van der Waals surface area contributed by atoms with Crippen molar-refractivity contribution in [1.82, 2.24) is 9.88 Å². The molecule has 0 bridgehead atoms. The van der Waals surface area contributed by atoms with Crippen molar-refractivity contribution in [2.75, 3.05) is 7.11 Å². The Morgan fingerprint density at radius 1 is 1.05 bits per heavy atom. The number of nitrogens with zero attached hydrogens (tertiary/aromatic N) is 2. The summed E-state index contributed by atoms with van der Waals surface area (Å²) in [5.41, 5.74) is 5.56. The van der Waals surface area contributed by atoms with Gasteiger partial charge in [0, 0.05) is 30.3 Å². The summed E-state index contributed by atoms with van der Waals surface area (Å²) in [7, 11) is 1.53. The fraction of sp³-hybridized carbons (Fsp3) is 0.486. The lowest BCUT2D eigenvalue weighted by atomic mass is 9.82. The summed E-state index contributed by atoms with van der Waals surface area (Å²) in [4.78, 5) is 18.3. The molecule has 1 fully saturated rings. The van der Waals surface area contributed by atoms with Gasteiger partial charge in [-0.2, -0.15) is 0 Å². The molecule has 0 spiro atoms. The highest BCUT2D eigenvalue weighted by molar-refractivity contribution is 5.71. The number of methoxy groups -OCH3 is 1. The van der Waals surface area contributed by atoms with E-state index in [1.807, 2.05) is 19.1 Å². The molecule has 1 aliphatic carbocycles. The molecule has 2 heterocycles. The number of fused-ring (bicyclic) bond motifs is 1. The fourth-order valence-electron chi connectivity index (χ4n) is 6.51. The zero-order chi connectivity index (χ0) is 30.1. The van der Waals surface area contributed by atoms with Gasteiger partial charge in [-0.25, -0.2) is 9.37 Å². The van der Waals surface area contributed by atoms with Gasteiger partial charge in [0.1, 0.15) is 17.7 Å². The number of pyridine rings is 1. The molecule has 224 valence electrons. The van der Waals surface area contributed by atoms with Crippen LogP contribution < -0.4 is 9.47 Å². The molecule has 42 heavy (non-hydrogen) atoms. The van der Waals surface area contributed by atoms with E-state index in [2.05, 4.69) is 61.8 Å². The van der Waals surface area contributed by atoms with Crippen LogP contribution >= 0.6 is 0 Å². The lowest BCUT2D eigenvalue weighted by Crippen LogP contribution is -2.36. The van der Waals surface area contributed by atoms with Gasteiger partial charge in [0.2, 0.25) is 5.88 Å². The molecule has 1 saturated carbocycles. The summed E-state index contributed by atoms with van der Waals surface area (Å²) < 4.78 is 27.1. The molecular formula is C35H43FN2O4. The average molecular weight is 575 g/mol. The van der Waals surface area contributed by atoms with Crippen LogP contribution in [0, 0.1) is 17.7 Å². The maximum atomic E-state index is 15.1. The van der Waals surface area contributed by atoms with Crippen LogP contribution in [0.4, 0.5) is 4.39 Å². The minimum absolute atomic E-state index is 0.00652. The molecule has 6 nitrogen and oxygen atoms in total. The van der Waals surface area contributed by atoms with Crippen molar-refractivity contribution < 1.29 is 23.8 Å². The van der Waals surface area contributed by atoms with Gasteiger partial charge in [-0.3, -0.25) is 9.69 Å². The molecule has 0 saturated heterocycles. The monoisotopic (exact) mass is 574 g/mol. The van der Waals surface area contributed by atoms with E-state index in [-0.39, 0.29) is 17.8 Å². The summed E-state index contributed by atoms with van der Waals surface area (Å²) in [5.74, 6) is 0.0396. The summed E-state index contributed by atoms with van der Waals surface area (Å²) in [6.07, 6.45) is 4.92. The largest absolute Gasteiger partial charge is 0.485 e. The smallest absolute Gasteiger partial charge is 0.306 e. The topological polar surface area (TPSA) is 71.9 Å². The molecule has 2 aliphatic rings. The first-order chi connectivity index (χ1) is 20.1. The Balaban J connectivity index is 1.50. The van der Waals surface area contributed by atoms with Gasteiger partial charge in [-0.05, 0) is 99.1 Å². The van der Waals surface area contributed by atoms with Gasteiger partial charge >= 0.3 is 5.97 Å². The van der Waals surface area contributed by atoms with Crippen LogP contribution in [0.15, 0.2) is 48.7 Å². The molecule has 7 heteroatoms. The molecule has 2 aromatic carbocycles. The van der Waals surface area contributed by atoms with Gasteiger partial charge in [0.25, 0.3) is 0 Å². The standard InChI is InChI=1S/C35H43FN2O4/c1-20(2)38(21(3)4)19-27-15-25(11-13-28(27)29-17-33(41-6)37-18-30(29)36)31-14-12-23-7-10-26(16-32(23)42-31)34(24-8-9-24)22(5)35(39)40/h7,10-11,13,15-18,20-22,24,31,34H,8-9,12,14,19H2,1-6H3,(H,39,40)/t22-,31+,34-/m0/s1. The van der Waals surface area contributed by atoms with E-state index in [9.17, 15) is 9.90 Å². The average Bonchev–Trinajstić information content (AvgIpc) is 3.80. The van der Waals surface area contributed by atoms with Crippen LogP contribution in [0.5, 0.6) is 11.6 Å². The fourth-order valence-corrected chi connectivity index (χ4v) is 6.51. The number of aliphatic carboxylic acids is 1. The molecule has 1 aliphatic heterocycles. The number of aryl methyl sites for hydroxylation is 1. The molecule has 1 N–H and O–H groups in total. The molecule has 3 aromatic rings. The number of hydrogen-bond acceptors (Lipinski definition) is 5. The molecule has 0 unspecified atom stereocenters. The number of ether oxygens (including phenoxy) is 2. The maximum absolute atomic E-state index is 15.1. The van der Waals surface area contributed by atoms with Crippen LogP contribution in [-0.2, 0) is 17.8 Å². The van der Waals surface area contributed by atoms with Crippen molar-refractivity contribution in [2.24, 2.45) is 11.8 Å². The summed E-state index contributed by atoms with van der Waals surface area (Å²) in [6, 6.07) is 14.8. The Morgan fingerprint density at radius 2 is 1.79 bits per heavy atom. The van der Waals surface area contributed by atoms with Gasteiger partial charge in [-0.15, -0.1) is 0 Å². The molecule has 0 amide bonds. The Bertz CT molecular complexity index is 1430. The highest BCUT2D eigenvalue weighted by atomic mass is 19.1. The van der Waals surface area contributed by atoms with Gasteiger partial charge in [0.15, 0.2) is 0 Å². The van der Waals surface area contributed by atoms with Gasteiger partial charge in [0.05, 0.1) is 19.2 Å². The predicted octanol–water partition coefficient (Wildman–Crippen LogP) is 7.80. The highest BCUT2D eigenvalue weighted by Gasteiger charge is 2.39. The second kappa shape index (κ2) is 12.4. The molecule has 0 radical (unpaired) electrons. The van der Waals surface area contributed by atoms with E-state index in [0.717, 1.165) is 59.3 Å². The number of hydrogen-bond donors (Lipinski definition) is 1. The van der Waals surface area contributed by atoms with Crippen molar-refractivity contribution in [3.8, 4) is 22.8 Å². The number of aromatic nitrogens is 1. The first-order valence-corrected chi connectivity index (χ1v) is 15.2. The number of halogens is 1. The van der Waals surface area contributed by atoms with Crippen molar-refractivity contribution in [3.63, 3.8) is 0 Å². The number of benzene rings is 2. The zero-order valence-corrected chi connectivity index (χ0v) is 25.6. The van der Waals surface area contributed by atoms with Crippen molar-refractivity contribution in [1.29, 1.82) is 0 Å². The number of rotatable bonds is 11. The Morgan fingerprint density at radius 3 is 2.43 bits per heavy atom. The van der Waals surface area contributed by atoms with Gasteiger partial charge in [-0.1, -0.05) is 37.3 Å². The minimum atomic E-state index is -0.754.